The molecule has 38 heavy (non-hydrogen) atoms. The zero-order chi connectivity index (χ0) is 26.7. The maximum Gasteiger partial charge on any atom is 0.357 e. The van der Waals surface area contributed by atoms with Gasteiger partial charge in [-0.3, -0.25) is 0 Å². The van der Waals surface area contributed by atoms with Gasteiger partial charge in [0.1, 0.15) is 17.1 Å². The second-order valence-electron chi connectivity index (χ2n) is 9.05. The molecule has 198 valence electrons. The van der Waals surface area contributed by atoms with Gasteiger partial charge in [-0.15, -0.1) is 16.5 Å². The van der Waals surface area contributed by atoms with Crippen molar-refractivity contribution in [1.29, 1.82) is 0 Å². The van der Waals surface area contributed by atoms with E-state index in [1.807, 2.05) is 30.3 Å². The van der Waals surface area contributed by atoms with E-state index < -0.39 is 16.4 Å². The Morgan fingerprint density at radius 1 is 1.13 bits per heavy atom. The minimum atomic E-state index is -3.58. The minimum Gasteiger partial charge on any atom is -0.461 e. The molecular weight excluding hydrogens is 524 g/mol. The van der Waals surface area contributed by atoms with Crippen LogP contribution < -0.4 is 9.88 Å². The Hall–Kier alpha value is -3.38. The summed E-state index contributed by atoms with van der Waals surface area (Å²) < 4.78 is 34.9. The zero-order valence-corrected chi connectivity index (χ0v) is 22.5. The molecule has 0 aliphatic heterocycles. The highest BCUT2D eigenvalue weighted by Crippen LogP contribution is 2.45. The van der Waals surface area contributed by atoms with Gasteiger partial charge in [0, 0.05) is 29.0 Å². The van der Waals surface area contributed by atoms with Crippen LogP contribution in [0.5, 0.6) is 11.5 Å². The maximum absolute atomic E-state index is 12.3. The third-order valence-corrected chi connectivity index (χ3v) is 8.21. The van der Waals surface area contributed by atoms with E-state index >= 15 is 0 Å². The van der Waals surface area contributed by atoms with E-state index in [4.69, 9.17) is 19.7 Å². The Morgan fingerprint density at radius 3 is 2.50 bits per heavy atom. The fraction of sp³-hybridized carbons (Fsp3) is 0.296. The first-order valence-electron chi connectivity index (χ1n) is 12.5. The monoisotopic (exact) mass is 553 g/mol. The summed E-state index contributed by atoms with van der Waals surface area (Å²) in [5, 5.41) is 12.6. The standard InChI is InChI=1S/C27H28N4O5S2/c1-2-35-26(32)22-17-37-27(29-22)31-24(19-11-7-4-8-12-19)25(23(30-31)18-9-5-3-6-10-18)36-20-13-15-21(16-14-20)38(28,33)34/h4,7-8,11-18H,2-3,5-6,9-10H2,1H3,(H2-,28,33,34)/p+1. The quantitative estimate of drug-likeness (QED) is 0.196. The fourth-order valence-corrected chi connectivity index (χ4v) is 5.91. The number of ether oxygens (including phenoxy) is 2. The van der Waals surface area contributed by atoms with Gasteiger partial charge in [0.25, 0.3) is 0 Å². The molecule has 1 fully saturated rings. The molecule has 1 unspecified atom stereocenters. The smallest absolute Gasteiger partial charge is 0.357 e. The van der Waals surface area contributed by atoms with Gasteiger partial charge in [-0.1, -0.05) is 49.6 Å². The van der Waals surface area contributed by atoms with Crippen LogP contribution >= 0.6 is 11.3 Å². The molecule has 0 spiro atoms. The van der Waals surface area contributed by atoms with E-state index in [2.05, 4.69) is 4.98 Å². The topological polar surface area (TPSA) is 130 Å². The summed E-state index contributed by atoms with van der Waals surface area (Å²) in [4.78, 5) is 17.0. The first-order valence-corrected chi connectivity index (χ1v) is 14.9. The van der Waals surface area contributed by atoms with Crippen molar-refractivity contribution in [1.82, 2.24) is 14.8 Å². The molecule has 11 heteroatoms. The molecule has 5 rings (SSSR count). The first kappa shape index (κ1) is 26.2. The molecular formula is C27H29N4O5S2+. The lowest BCUT2D eigenvalue weighted by Crippen LogP contribution is -2.20. The van der Waals surface area contributed by atoms with Crippen molar-refractivity contribution >= 4 is 27.7 Å². The summed E-state index contributed by atoms with van der Waals surface area (Å²) in [5.41, 5.74) is 2.64. The highest BCUT2D eigenvalue weighted by molar-refractivity contribution is 7.95. The number of rotatable bonds is 8. The Kier molecular flexibility index (Phi) is 7.70. The molecule has 9 nitrogen and oxygen atoms in total. The fourth-order valence-electron chi connectivity index (χ4n) is 4.63. The van der Waals surface area contributed by atoms with Crippen LogP contribution in [0.3, 0.4) is 0 Å². The van der Waals surface area contributed by atoms with Crippen LogP contribution in [-0.4, -0.2) is 31.9 Å². The normalized spacial score (nSPS) is 15.7. The van der Waals surface area contributed by atoms with Crippen LogP contribution in [0.2, 0.25) is 0 Å². The highest BCUT2D eigenvalue weighted by Gasteiger charge is 2.30. The summed E-state index contributed by atoms with van der Waals surface area (Å²) in [6, 6.07) is 16.0. The molecule has 0 amide bonds. The van der Waals surface area contributed by atoms with E-state index in [1.165, 1.54) is 29.9 Å². The van der Waals surface area contributed by atoms with Crippen molar-refractivity contribution < 1.29 is 23.0 Å². The second kappa shape index (κ2) is 11.2. The molecule has 0 bridgehead atoms. The van der Waals surface area contributed by atoms with E-state index in [0.717, 1.165) is 36.9 Å². The van der Waals surface area contributed by atoms with E-state index in [9.17, 15) is 13.6 Å². The first-order chi connectivity index (χ1) is 18.3. The Morgan fingerprint density at radius 2 is 1.84 bits per heavy atom. The molecule has 1 saturated carbocycles. The third kappa shape index (κ3) is 5.56. The van der Waals surface area contributed by atoms with Gasteiger partial charge in [0.2, 0.25) is 10.0 Å². The lowest BCUT2D eigenvalue weighted by atomic mass is 9.86. The molecule has 3 N–H and O–H groups in total. The van der Waals surface area contributed by atoms with Gasteiger partial charge in [0.05, 0.1) is 6.61 Å². The number of esters is 1. The van der Waals surface area contributed by atoms with Gasteiger partial charge in [-0.25, -0.2) is 14.5 Å². The molecule has 1 aliphatic carbocycles. The number of aromatic nitrogens is 3. The second-order valence-corrected chi connectivity index (χ2v) is 11.5. The molecule has 2 aromatic carbocycles. The predicted octanol–water partition coefficient (Wildman–Crippen LogP) is 6.22. The third-order valence-electron chi connectivity index (χ3n) is 6.45. The van der Waals surface area contributed by atoms with Crippen LogP contribution in [0.4, 0.5) is 0 Å². The van der Waals surface area contributed by atoms with Crippen LogP contribution in [-0.2, 0) is 19.3 Å². The van der Waals surface area contributed by atoms with Crippen molar-refractivity contribution in [3.05, 3.63) is 71.4 Å². The number of nitrogens with two attached hydrogens (primary N) is 1. The summed E-state index contributed by atoms with van der Waals surface area (Å²) in [5.74, 6) is 0.804. The van der Waals surface area contributed by atoms with Gasteiger partial charge in [-0.05, 0) is 36.1 Å². The number of thiazole rings is 1. The van der Waals surface area contributed by atoms with Crippen molar-refractivity contribution in [2.24, 2.45) is 5.14 Å². The molecule has 4 aromatic rings. The molecule has 1 atom stereocenters. The van der Waals surface area contributed by atoms with Crippen LogP contribution in [0.25, 0.3) is 16.4 Å². The maximum atomic E-state index is 12.3. The number of hydrogen-bond donors (Lipinski definition) is 2. The number of nitrogens with zero attached hydrogens (tertiary/aromatic N) is 3. The predicted molar refractivity (Wildman–Crippen MR) is 146 cm³/mol. The van der Waals surface area contributed by atoms with Crippen molar-refractivity contribution in [3.63, 3.8) is 0 Å². The molecule has 2 aromatic heterocycles. The largest absolute Gasteiger partial charge is 0.461 e. The van der Waals surface area contributed by atoms with Crippen LogP contribution in [0, 0.1) is 0 Å². The lowest BCUT2D eigenvalue weighted by molar-refractivity contribution is 0.0520. The van der Waals surface area contributed by atoms with E-state index in [1.54, 1.807) is 29.1 Å². The van der Waals surface area contributed by atoms with Crippen LogP contribution in [0.15, 0.2) is 64.9 Å². The van der Waals surface area contributed by atoms with Crippen LogP contribution in [0.1, 0.15) is 61.1 Å². The van der Waals surface area contributed by atoms with Gasteiger partial charge >= 0.3 is 16.4 Å². The number of hydrogen-bond acceptors (Lipinski definition) is 7. The minimum absolute atomic E-state index is 0.116. The van der Waals surface area contributed by atoms with Gasteiger partial charge < -0.3 is 9.47 Å². The van der Waals surface area contributed by atoms with E-state index in [-0.39, 0.29) is 23.1 Å². The summed E-state index contributed by atoms with van der Waals surface area (Å²) in [6.07, 6.45) is 5.39. The molecule has 2 heterocycles. The average molecular weight is 554 g/mol. The van der Waals surface area contributed by atoms with Crippen molar-refractivity contribution in [3.8, 4) is 27.9 Å². The number of carbonyl (C=O) groups excluding carboxylic acids is 1. The summed E-state index contributed by atoms with van der Waals surface area (Å²) >= 11 is 1.30. The molecule has 0 saturated heterocycles. The Labute approximate surface area is 226 Å². The average Bonchev–Trinajstić information content (AvgIpc) is 3.55. The molecule has 0 radical (unpaired) electrons. The number of benzene rings is 2. The van der Waals surface area contributed by atoms with Gasteiger partial charge in [-0.2, -0.15) is 9.65 Å². The summed E-state index contributed by atoms with van der Waals surface area (Å²) in [7, 11) is -3.58. The van der Waals surface area contributed by atoms with Crippen molar-refractivity contribution in [2.45, 2.75) is 49.8 Å². The summed E-state index contributed by atoms with van der Waals surface area (Å²) in [6.45, 7) is 2.02. The molecule has 1 aliphatic rings. The zero-order valence-electron chi connectivity index (χ0n) is 20.9. The SMILES string of the molecule is CCOC(=O)c1csc(-n2nc(C3CCCCC3)c(Oc3ccc([S+](N)(=O)O)cc3)c2-c2ccccc2)n1. The lowest BCUT2D eigenvalue weighted by Gasteiger charge is -2.21. The number of carbonyl (C=O) groups is 1. The van der Waals surface area contributed by atoms with Crippen molar-refractivity contribution in [2.75, 3.05) is 6.61 Å². The van der Waals surface area contributed by atoms with Gasteiger partial charge in [0.15, 0.2) is 11.4 Å². The highest BCUT2D eigenvalue weighted by atomic mass is 32.3. The van der Waals surface area contributed by atoms with E-state index in [0.29, 0.717) is 22.3 Å². The Balaban J connectivity index is 1.65. The Bertz CT molecular complexity index is 1450.